The number of rotatable bonds is 7. The number of para-hydroxylation sites is 1. The van der Waals surface area contributed by atoms with E-state index >= 15 is 0 Å². The van der Waals surface area contributed by atoms with Gasteiger partial charge in [0.15, 0.2) is 0 Å². The fraction of sp³-hybridized carbons (Fsp3) is 0.233. The van der Waals surface area contributed by atoms with E-state index in [0.717, 1.165) is 61.9 Å². The van der Waals surface area contributed by atoms with Crippen molar-refractivity contribution in [2.75, 3.05) is 31.3 Å². The number of methoxy groups -OCH3 is 1. The minimum Gasteiger partial charge on any atom is -0.497 e. The maximum atomic E-state index is 13.1. The summed E-state index contributed by atoms with van der Waals surface area (Å²) in [7, 11) is 1.67. The van der Waals surface area contributed by atoms with Gasteiger partial charge in [-0.3, -0.25) is 9.78 Å². The lowest BCUT2D eigenvalue weighted by Gasteiger charge is -2.36. The minimum atomic E-state index is -0.0156. The number of hydrogen-bond donors (Lipinski definition) is 1. The number of carbonyl (C=O) groups excluding carboxylic acids is 1. The van der Waals surface area contributed by atoms with Crippen LogP contribution < -0.4 is 10.1 Å². The molecule has 3 heterocycles. The number of benzene rings is 3. The highest BCUT2D eigenvalue weighted by molar-refractivity contribution is 7.99. The molecule has 1 unspecified atom stereocenters. The van der Waals surface area contributed by atoms with Crippen molar-refractivity contribution < 1.29 is 9.53 Å². The van der Waals surface area contributed by atoms with E-state index in [4.69, 9.17) is 21.3 Å². The summed E-state index contributed by atoms with van der Waals surface area (Å²) in [5.41, 5.74) is 4.81. The highest BCUT2D eigenvalue weighted by atomic mass is 35.5. The van der Waals surface area contributed by atoms with Crippen LogP contribution in [0.5, 0.6) is 5.75 Å². The van der Waals surface area contributed by atoms with Gasteiger partial charge in [0, 0.05) is 52.6 Å². The number of thioether (sulfide) groups is 1. The van der Waals surface area contributed by atoms with Gasteiger partial charge in [-0.15, -0.1) is 11.8 Å². The molecule has 1 atom stereocenters. The first-order chi connectivity index (χ1) is 18.6. The Kier molecular flexibility index (Phi) is 6.96. The summed E-state index contributed by atoms with van der Waals surface area (Å²) in [5.74, 6) is 1.81. The Morgan fingerprint density at radius 3 is 2.82 bits per heavy atom. The van der Waals surface area contributed by atoms with Gasteiger partial charge in [-0.1, -0.05) is 29.8 Å². The third kappa shape index (κ3) is 4.72. The van der Waals surface area contributed by atoms with Crippen LogP contribution in [0.2, 0.25) is 5.02 Å². The van der Waals surface area contributed by atoms with E-state index in [-0.39, 0.29) is 11.3 Å². The van der Waals surface area contributed by atoms with Gasteiger partial charge in [-0.25, -0.2) is 4.98 Å². The Morgan fingerprint density at radius 2 is 1.92 bits per heavy atom. The summed E-state index contributed by atoms with van der Waals surface area (Å²) in [6.07, 6.45) is 3.21. The van der Waals surface area contributed by atoms with Crippen molar-refractivity contribution in [2.24, 2.45) is 0 Å². The SMILES string of the molecule is COc1ccc2nc3cc(Cl)ccc3c(NCCCN3C(=O)CCSC3c3ccnc4ccccc34)c2c1. The predicted octanol–water partition coefficient (Wildman–Crippen LogP) is 7.06. The second kappa shape index (κ2) is 10.7. The summed E-state index contributed by atoms with van der Waals surface area (Å²) in [5, 5.41) is 7.38. The third-order valence-corrected chi connectivity index (χ3v) is 8.46. The van der Waals surface area contributed by atoms with Crippen molar-refractivity contribution in [1.29, 1.82) is 0 Å². The van der Waals surface area contributed by atoms with Gasteiger partial charge in [-0.2, -0.15) is 0 Å². The van der Waals surface area contributed by atoms with E-state index in [1.165, 1.54) is 0 Å². The monoisotopic (exact) mass is 542 g/mol. The number of hydrogen-bond acceptors (Lipinski definition) is 6. The van der Waals surface area contributed by atoms with Crippen molar-refractivity contribution in [3.63, 3.8) is 0 Å². The van der Waals surface area contributed by atoms with Gasteiger partial charge in [0.25, 0.3) is 0 Å². The van der Waals surface area contributed by atoms with Gasteiger partial charge in [-0.05, 0) is 60.5 Å². The average molecular weight is 543 g/mol. The molecule has 192 valence electrons. The largest absolute Gasteiger partial charge is 0.497 e. The van der Waals surface area contributed by atoms with Crippen LogP contribution in [-0.4, -0.2) is 46.7 Å². The van der Waals surface area contributed by atoms with Crippen LogP contribution in [0, 0.1) is 0 Å². The molecule has 0 bridgehead atoms. The highest BCUT2D eigenvalue weighted by Gasteiger charge is 2.30. The maximum absolute atomic E-state index is 13.1. The molecular weight excluding hydrogens is 516 g/mol. The fourth-order valence-electron chi connectivity index (χ4n) is 5.13. The molecule has 2 aromatic heterocycles. The summed E-state index contributed by atoms with van der Waals surface area (Å²) in [6, 6.07) is 21.9. The van der Waals surface area contributed by atoms with Gasteiger partial charge in [0.05, 0.1) is 29.3 Å². The molecule has 1 saturated heterocycles. The highest BCUT2D eigenvalue weighted by Crippen LogP contribution is 2.40. The number of carbonyl (C=O) groups is 1. The summed E-state index contributed by atoms with van der Waals surface area (Å²) >= 11 is 8.10. The topological polar surface area (TPSA) is 67.3 Å². The predicted molar refractivity (Wildman–Crippen MR) is 157 cm³/mol. The number of amides is 1. The average Bonchev–Trinajstić information content (AvgIpc) is 2.94. The molecule has 6 rings (SSSR count). The normalized spacial score (nSPS) is 15.9. The van der Waals surface area contributed by atoms with Crippen LogP contribution in [0.4, 0.5) is 5.69 Å². The van der Waals surface area contributed by atoms with E-state index in [9.17, 15) is 4.79 Å². The first-order valence-corrected chi connectivity index (χ1v) is 14.1. The maximum Gasteiger partial charge on any atom is 0.224 e. The van der Waals surface area contributed by atoms with E-state index in [1.54, 1.807) is 7.11 Å². The van der Waals surface area contributed by atoms with E-state index < -0.39 is 0 Å². The van der Waals surface area contributed by atoms with Gasteiger partial charge < -0.3 is 15.0 Å². The number of anilines is 1. The lowest BCUT2D eigenvalue weighted by atomic mass is 10.1. The molecule has 0 saturated carbocycles. The minimum absolute atomic E-state index is 0.0156. The molecule has 0 radical (unpaired) electrons. The molecule has 1 aliphatic heterocycles. The molecule has 0 aliphatic carbocycles. The number of aromatic nitrogens is 2. The van der Waals surface area contributed by atoms with Crippen LogP contribution in [0.3, 0.4) is 0 Å². The summed E-state index contributed by atoms with van der Waals surface area (Å²) in [4.78, 5) is 24.4. The number of ether oxygens (including phenoxy) is 1. The lowest BCUT2D eigenvalue weighted by molar-refractivity contribution is -0.132. The fourth-order valence-corrected chi connectivity index (χ4v) is 6.60. The zero-order valence-corrected chi connectivity index (χ0v) is 22.6. The van der Waals surface area contributed by atoms with Crippen molar-refractivity contribution in [1.82, 2.24) is 14.9 Å². The molecule has 1 N–H and O–H groups in total. The van der Waals surface area contributed by atoms with E-state index in [0.29, 0.717) is 24.5 Å². The van der Waals surface area contributed by atoms with Crippen molar-refractivity contribution >= 4 is 67.7 Å². The van der Waals surface area contributed by atoms with Gasteiger partial charge >= 0.3 is 0 Å². The van der Waals surface area contributed by atoms with Crippen LogP contribution in [0.15, 0.2) is 72.9 Å². The van der Waals surface area contributed by atoms with Crippen molar-refractivity contribution in [3.8, 4) is 5.75 Å². The zero-order chi connectivity index (χ0) is 26.1. The molecule has 3 aromatic carbocycles. The Morgan fingerprint density at radius 1 is 1.03 bits per heavy atom. The number of halogens is 1. The number of fused-ring (bicyclic) bond motifs is 3. The summed E-state index contributed by atoms with van der Waals surface area (Å²) in [6.45, 7) is 1.36. The van der Waals surface area contributed by atoms with Crippen LogP contribution in [0.25, 0.3) is 32.7 Å². The Bertz CT molecular complexity index is 1660. The molecule has 1 aliphatic rings. The van der Waals surface area contributed by atoms with Crippen LogP contribution >= 0.6 is 23.4 Å². The second-order valence-corrected chi connectivity index (χ2v) is 10.9. The molecule has 1 fully saturated rings. The number of nitrogens with one attached hydrogen (secondary N) is 1. The quantitative estimate of drug-likeness (QED) is 0.175. The Labute approximate surface area is 230 Å². The third-order valence-electron chi connectivity index (χ3n) is 6.96. The molecule has 5 aromatic rings. The zero-order valence-electron chi connectivity index (χ0n) is 21.0. The molecule has 1 amide bonds. The van der Waals surface area contributed by atoms with Crippen molar-refractivity contribution in [3.05, 3.63) is 83.5 Å². The number of nitrogens with zero attached hydrogens (tertiary/aromatic N) is 3. The molecule has 8 heteroatoms. The molecule has 6 nitrogen and oxygen atoms in total. The van der Waals surface area contributed by atoms with Crippen LogP contribution in [0.1, 0.15) is 23.8 Å². The van der Waals surface area contributed by atoms with Gasteiger partial charge in [0.2, 0.25) is 5.91 Å². The van der Waals surface area contributed by atoms with Gasteiger partial charge in [0.1, 0.15) is 11.1 Å². The second-order valence-electron chi connectivity index (χ2n) is 9.29. The smallest absolute Gasteiger partial charge is 0.224 e. The first-order valence-electron chi connectivity index (χ1n) is 12.7. The van der Waals surface area contributed by atoms with E-state index in [1.807, 2.05) is 77.5 Å². The molecule has 38 heavy (non-hydrogen) atoms. The Balaban J connectivity index is 1.25. The van der Waals surface area contributed by atoms with E-state index in [2.05, 4.69) is 22.4 Å². The van der Waals surface area contributed by atoms with Crippen molar-refractivity contribution in [2.45, 2.75) is 18.2 Å². The number of pyridine rings is 2. The Hall–Kier alpha value is -3.55. The lowest BCUT2D eigenvalue weighted by Crippen LogP contribution is -2.38. The summed E-state index contributed by atoms with van der Waals surface area (Å²) < 4.78 is 5.48. The molecular formula is C30H27ClN4O2S. The van der Waals surface area contributed by atoms with Crippen LogP contribution in [-0.2, 0) is 4.79 Å². The molecule has 0 spiro atoms. The standard InChI is InChI=1S/C30H27ClN4O2S/c1-37-20-8-10-26-24(18-20)29(23-9-7-19(31)17-27(23)34-26)33-13-4-15-35-28(36)12-16-38-30(35)22-11-14-32-25-6-3-2-5-21(22)25/h2-3,5-11,14,17-18,30H,4,12-13,15-16H2,1H3,(H,33,34). The first kappa shape index (κ1) is 24.8.